The first-order valence-electron chi connectivity index (χ1n) is 6.09. The largest absolute Gasteiger partial charge is 0.483 e. The van der Waals surface area contributed by atoms with Crippen LogP contribution in [0.1, 0.15) is 12.8 Å². The number of nitro groups is 1. The fourth-order valence-corrected chi connectivity index (χ4v) is 2.11. The van der Waals surface area contributed by atoms with Crippen molar-refractivity contribution in [2.75, 3.05) is 13.1 Å². The number of amides is 1. The molecule has 0 aromatic heterocycles. The topological polar surface area (TPSA) is 72.7 Å². The molecule has 1 aromatic rings. The molecule has 101 valence electrons. The summed E-state index contributed by atoms with van der Waals surface area (Å²) in [7, 11) is 0. The molecule has 0 bridgehead atoms. The van der Waals surface area contributed by atoms with E-state index in [4.69, 9.17) is 4.74 Å². The van der Waals surface area contributed by atoms with Crippen molar-refractivity contribution in [2.24, 2.45) is 0 Å². The number of nitrogens with zero attached hydrogens (tertiary/aromatic N) is 2. The summed E-state index contributed by atoms with van der Waals surface area (Å²) in [6, 6.07) is 6.33. The number of rotatable bonds is 3. The normalized spacial score (nSPS) is 16.2. The van der Waals surface area contributed by atoms with Crippen LogP contribution in [0.4, 0.5) is 5.69 Å². The van der Waals surface area contributed by atoms with Crippen LogP contribution < -0.4 is 4.74 Å². The highest BCUT2D eigenvalue weighted by Gasteiger charge is 2.24. The number of carbonyl (C=O) groups is 1. The molecule has 0 aliphatic carbocycles. The molecule has 0 N–H and O–H groups in total. The summed E-state index contributed by atoms with van der Waals surface area (Å²) in [6.07, 6.45) is 1.22. The van der Waals surface area contributed by atoms with Gasteiger partial charge >= 0.3 is 5.69 Å². The second kappa shape index (κ2) is 5.69. The van der Waals surface area contributed by atoms with Crippen LogP contribution in [-0.4, -0.2) is 34.9 Å². The third kappa shape index (κ3) is 3.21. The van der Waals surface area contributed by atoms with Crippen LogP contribution in [0.2, 0.25) is 0 Å². The number of benzene rings is 1. The Labute approximate surface area is 111 Å². The standard InChI is InChI=1S/C13H15N2O4/c1-10(16)14-8-6-11(7-9-14)19-13-5-3-2-4-12(13)15(17)18/h2-5,11H,1,6-9H2. The van der Waals surface area contributed by atoms with E-state index in [1.165, 1.54) is 6.07 Å². The summed E-state index contributed by atoms with van der Waals surface area (Å²) in [4.78, 5) is 23.2. The zero-order chi connectivity index (χ0) is 13.8. The molecule has 1 saturated heterocycles. The van der Waals surface area contributed by atoms with Gasteiger partial charge in [-0.3, -0.25) is 14.9 Å². The molecule has 6 heteroatoms. The SMILES string of the molecule is [CH2]C(=O)N1CCC(Oc2ccccc2[N+](=O)[O-])CC1. The van der Waals surface area contributed by atoms with Crippen molar-refractivity contribution in [2.45, 2.75) is 18.9 Å². The van der Waals surface area contributed by atoms with Crippen LogP contribution in [0.25, 0.3) is 0 Å². The molecule has 19 heavy (non-hydrogen) atoms. The van der Waals surface area contributed by atoms with Gasteiger partial charge in [0.1, 0.15) is 6.10 Å². The number of carbonyl (C=O) groups excluding carboxylic acids is 1. The second-order valence-electron chi connectivity index (χ2n) is 4.42. The summed E-state index contributed by atoms with van der Waals surface area (Å²) in [6.45, 7) is 4.52. The molecule has 0 saturated carbocycles. The minimum absolute atomic E-state index is 0.0295. The van der Waals surface area contributed by atoms with Crippen LogP contribution in [0.5, 0.6) is 5.75 Å². The van der Waals surface area contributed by atoms with Crippen LogP contribution >= 0.6 is 0 Å². The van der Waals surface area contributed by atoms with E-state index >= 15 is 0 Å². The molecule has 1 amide bonds. The number of hydrogen-bond donors (Lipinski definition) is 0. The summed E-state index contributed by atoms with van der Waals surface area (Å²) in [5, 5.41) is 10.9. The number of para-hydroxylation sites is 2. The number of likely N-dealkylation sites (tertiary alicyclic amines) is 1. The lowest BCUT2D eigenvalue weighted by atomic mass is 10.1. The van der Waals surface area contributed by atoms with E-state index in [2.05, 4.69) is 6.92 Å². The van der Waals surface area contributed by atoms with Gasteiger partial charge in [-0.15, -0.1) is 0 Å². The Morgan fingerprint density at radius 1 is 1.37 bits per heavy atom. The summed E-state index contributed by atoms with van der Waals surface area (Å²) in [5.41, 5.74) is -0.0295. The Bertz CT molecular complexity index is 481. The van der Waals surface area contributed by atoms with Gasteiger partial charge in [0.15, 0.2) is 5.75 Å². The van der Waals surface area contributed by atoms with Crippen molar-refractivity contribution in [1.29, 1.82) is 0 Å². The number of ether oxygens (including phenoxy) is 1. The maximum Gasteiger partial charge on any atom is 0.310 e. The lowest BCUT2D eigenvalue weighted by molar-refractivity contribution is -0.386. The maximum atomic E-state index is 11.1. The molecule has 6 nitrogen and oxygen atoms in total. The molecule has 0 unspecified atom stereocenters. The Morgan fingerprint density at radius 2 is 2.00 bits per heavy atom. The maximum absolute atomic E-state index is 11.1. The van der Waals surface area contributed by atoms with Gasteiger partial charge in [-0.2, -0.15) is 0 Å². The number of nitro benzene ring substituents is 1. The zero-order valence-electron chi connectivity index (χ0n) is 10.4. The monoisotopic (exact) mass is 263 g/mol. The predicted molar refractivity (Wildman–Crippen MR) is 68.7 cm³/mol. The molecular formula is C13H15N2O4. The van der Waals surface area contributed by atoms with Crippen molar-refractivity contribution < 1.29 is 14.5 Å². The first-order valence-corrected chi connectivity index (χ1v) is 6.09. The van der Waals surface area contributed by atoms with Gasteiger partial charge in [-0.25, -0.2) is 0 Å². The zero-order valence-corrected chi connectivity index (χ0v) is 10.4. The molecule has 1 aliphatic heterocycles. The molecule has 0 spiro atoms. The van der Waals surface area contributed by atoms with E-state index in [-0.39, 0.29) is 23.4 Å². The average molecular weight is 263 g/mol. The lowest BCUT2D eigenvalue weighted by Crippen LogP contribution is -2.40. The molecule has 1 radical (unpaired) electrons. The Hall–Kier alpha value is -2.11. The summed E-state index contributed by atoms with van der Waals surface area (Å²) < 4.78 is 5.68. The van der Waals surface area contributed by atoms with Crippen molar-refractivity contribution in [3.05, 3.63) is 41.3 Å². The van der Waals surface area contributed by atoms with E-state index in [0.29, 0.717) is 25.9 Å². The van der Waals surface area contributed by atoms with Crippen molar-refractivity contribution in [3.63, 3.8) is 0 Å². The Balaban J connectivity index is 2.00. The first kappa shape index (κ1) is 13.3. The van der Waals surface area contributed by atoms with Crippen LogP contribution in [0.3, 0.4) is 0 Å². The van der Waals surface area contributed by atoms with Gasteiger partial charge in [-0.05, 0) is 6.07 Å². The van der Waals surface area contributed by atoms with Gasteiger partial charge in [0.2, 0.25) is 5.91 Å². The molecule has 1 heterocycles. The number of piperidine rings is 1. The van der Waals surface area contributed by atoms with Crippen LogP contribution in [-0.2, 0) is 4.79 Å². The van der Waals surface area contributed by atoms with Gasteiger partial charge in [0, 0.05) is 38.9 Å². The molecular weight excluding hydrogens is 248 g/mol. The van der Waals surface area contributed by atoms with Crippen LogP contribution in [0, 0.1) is 17.0 Å². The quantitative estimate of drug-likeness (QED) is 0.615. The number of hydrogen-bond acceptors (Lipinski definition) is 4. The molecule has 1 aromatic carbocycles. The van der Waals surface area contributed by atoms with Crippen LogP contribution in [0.15, 0.2) is 24.3 Å². The lowest BCUT2D eigenvalue weighted by Gasteiger charge is -2.31. The van der Waals surface area contributed by atoms with Gasteiger partial charge < -0.3 is 9.64 Å². The fraction of sp³-hybridized carbons (Fsp3) is 0.385. The second-order valence-corrected chi connectivity index (χ2v) is 4.42. The van der Waals surface area contributed by atoms with Crippen molar-refractivity contribution in [1.82, 2.24) is 4.90 Å². The van der Waals surface area contributed by atoms with Crippen molar-refractivity contribution in [3.8, 4) is 5.75 Å². The third-order valence-corrected chi connectivity index (χ3v) is 3.15. The van der Waals surface area contributed by atoms with Gasteiger partial charge in [0.25, 0.3) is 0 Å². The van der Waals surface area contributed by atoms with E-state index in [1.807, 2.05) is 0 Å². The predicted octanol–water partition coefficient (Wildman–Crippen LogP) is 1.80. The summed E-state index contributed by atoms with van der Waals surface area (Å²) >= 11 is 0. The highest BCUT2D eigenvalue weighted by molar-refractivity contribution is 5.80. The molecule has 0 atom stereocenters. The van der Waals surface area contributed by atoms with Gasteiger partial charge in [-0.1, -0.05) is 12.1 Å². The van der Waals surface area contributed by atoms with Gasteiger partial charge in [0.05, 0.1) is 4.92 Å². The molecule has 1 fully saturated rings. The fourth-order valence-electron chi connectivity index (χ4n) is 2.11. The van der Waals surface area contributed by atoms with Crippen molar-refractivity contribution >= 4 is 11.6 Å². The third-order valence-electron chi connectivity index (χ3n) is 3.15. The van der Waals surface area contributed by atoms with E-state index < -0.39 is 4.92 Å². The van der Waals surface area contributed by atoms with E-state index in [9.17, 15) is 14.9 Å². The Kier molecular flexibility index (Phi) is 3.99. The smallest absolute Gasteiger partial charge is 0.310 e. The average Bonchev–Trinajstić information content (AvgIpc) is 2.39. The highest BCUT2D eigenvalue weighted by Crippen LogP contribution is 2.28. The minimum atomic E-state index is -0.454. The van der Waals surface area contributed by atoms with E-state index in [1.54, 1.807) is 23.1 Å². The molecule has 2 rings (SSSR count). The first-order chi connectivity index (χ1) is 9.08. The minimum Gasteiger partial charge on any atom is -0.483 e. The van der Waals surface area contributed by atoms with E-state index in [0.717, 1.165) is 0 Å². The Morgan fingerprint density at radius 3 is 2.58 bits per heavy atom. The highest BCUT2D eigenvalue weighted by atomic mass is 16.6. The summed E-state index contributed by atoms with van der Waals surface area (Å²) in [5.74, 6) is 0.0936. The molecule has 1 aliphatic rings.